The van der Waals surface area contributed by atoms with Crippen LogP contribution in [0.4, 0.5) is 0 Å². The quantitative estimate of drug-likeness (QED) is 0.319. The second kappa shape index (κ2) is 6.97. The molecule has 1 atom stereocenters. The minimum absolute atomic E-state index is 0. The second-order valence-corrected chi connectivity index (χ2v) is 2.14. The summed E-state index contributed by atoms with van der Waals surface area (Å²) < 4.78 is 0. The predicted molar refractivity (Wildman–Crippen MR) is 40.2 cm³/mol. The van der Waals surface area contributed by atoms with Crippen LogP contribution >= 0.6 is 12.6 Å². The largest absolute Gasteiger partial charge is 1.00 e. The molecule has 2 N–H and O–H groups in total. The van der Waals surface area contributed by atoms with Gasteiger partial charge in [-0.05, 0) is 0 Å². The number of nitrogens with one attached hydrogen (secondary N) is 1. The van der Waals surface area contributed by atoms with E-state index < -0.39 is 12.0 Å². The summed E-state index contributed by atoms with van der Waals surface area (Å²) in [5.74, 6) is -1.32. The van der Waals surface area contributed by atoms with Crippen LogP contribution in [-0.2, 0) is 9.59 Å². The van der Waals surface area contributed by atoms with E-state index >= 15 is 0 Å². The summed E-state index contributed by atoms with van der Waals surface area (Å²) in [5.41, 5.74) is 0. The summed E-state index contributed by atoms with van der Waals surface area (Å²) >= 11 is 3.73. The maximum absolute atomic E-state index is 10.3. The molecule has 0 unspecified atom stereocenters. The fourth-order valence-corrected chi connectivity index (χ4v) is 0.678. The van der Waals surface area contributed by atoms with E-state index in [0.717, 1.165) is 0 Å². The molecule has 6 heteroatoms. The molecule has 0 aromatic rings. The zero-order valence-corrected chi connectivity index (χ0v) is 9.39. The van der Waals surface area contributed by atoms with Gasteiger partial charge in [-0.15, -0.1) is 0 Å². The van der Waals surface area contributed by atoms with Crippen LogP contribution in [0.2, 0.25) is 0 Å². The first kappa shape index (κ1) is 13.9. The Bertz CT molecular complexity index is 158. The number of thiol groups is 1. The number of rotatable bonds is 3. The zero-order valence-electron chi connectivity index (χ0n) is 7.50. The van der Waals surface area contributed by atoms with Crippen molar-refractivity contribution in [2.45, 2.75) is 13.0 Å². The first-order valence-corrected chi connectivity index (χ1v) is 3.32. The van der Waals surface area contributed by atoms with Gasteiger partial charge in [0.05, 0.1) is 0 Å². The number of hydrogen-bond acceptors (Lipinski definition) is 3. The maximum Gasteiger partial charge on any atom is 1.00 e. The number of aliphatic carboxylic acids is 1. The predicted octanol–water partition coefficient (Wildman–Crippen LogP) is -3.38. The minimum atomic E-state index is -1.06. The van der Waals surface area contributed by atoms with E-state index in [1.807, 2.05) is 0 Å². The van der Waals surface area contributed by atoms with E-state index in [1.165, 1.54) is 6.92 Å². The summed E-state index contributed by atoms with van der Waals surface area (Å²) in [6.07, 6.45) is 0. The Morgan fingerprint density at radius 1 is 1.73 bits per heavy atom. The zero-order chi connectivity index (χ0) is 8.15. The monoisotopic (exact) mass is 187 g/mol. The van der Waals surface area contributed by atoms with Crippen LogP contribution in [0, 0.1) is 0 Å². The molecule has 0 aliphatic rings. The molecule has 0 aliphatic heterocycles. The number of carboxylic acids is 1. The Labute approximate surface area is 93.9 Å². The van der Waals surface area contributed by atoms with E-state index in [2.05, 4.69) is 17.9 Å². The third kappa shape index (κ3) is 6.68. The molecular weight excluding hydrogens is 177 g/mol. The molecule has 0 saturated heterocycles. The molecule has 4 nitrogen and oxygen atoms in total. The Balaban J connectivity index is -0.000000405. The molecule has 0 spiro atoms. The van der Waals surface area contributed by atoms with E-state index in [0.29, 0.717) is 0 Å². The van der Waals surface area contributed by atoms with Gasteiger partial charge in [0.15, 0.2) is 0 Å². The number of carbonyl (C=O) groups excluding carboxylic acids is 1. The molecule has 0 heterocycles. The Kier molecular flexibility index (Phi) is 8.77. The fraction of sp³-hybridized carbons (Fsp3) is 0.600. The second-order valence-electron chi connectivity index (χ2n) is 1.77. The smallest absolute Gasteiger partial charge is 1.00 e. The molecule has 11 heavy (non-hydrogen) atoms. The van der Waals surface area contributed by atoms with Gasteiger partial charge < -0.3 is 11.8 Å². The van der Waals surface area contributed by atoms with Crippen molar-refractivity contribution in [1.82, 2.24) is 5.32 Å². The van der Waals surface area contributed by atoms with Crippen LogP contribution in [-0.4, -0.2) is 28.8 Å². The molecule has 0 fully saturated rings. The third-order valence-electron chi connectivity index (χ3n) is 0.858. The Morgan fingerprint density at radius 2 is 2.18 bits per heavy atom. The van der Waals surface area contributed by atoms with Crippen molar-refractivity contribution < 1.29 is 45.7 Å². The van der Waals surface area contributed by atoms with Gasteiger partial charge in [0.1, 0.15) is 6.04 Å². The standard InChI is InChI=1S/C5H9NO3S.Na.H/c1-3(7)6-4(2-10)5(8)9;;/h4,10H,2H2,1H3,(H,6,7)(H,8,9);;/q;+1;-1/t4-;;/m1../s1. The minimum Gasteiger partial charge on any atom is -1.00 e. The Morgan fingerprint density at radius 3 is 2.27 bits per heavy atom. The van der Waals surface area contributed by atoms with Gasteiger partial charge in [0.25, 0.3) is 0 Å². The van der Waals surface area contributed by atoms with Gasteiger partial charge in [-0.2, -0.15) is 12.6 Å². The van der Waals surface area contributed by atoms with Crippen molar-refractivity contribution in [2.24, 2.45) is 0 Å². The number of hydrogen-bond donors (Lipinski definition) is 3. The molecular formula is C5H10NNaO3S. The molecule has 0 rings (SSSR count). The number of carbonyl (C=O) groups is 2. The van der Waals surface area contributed by atoms with Gasteiger partial charge in [-0.3, -0.25) is 4.79 Å². The molecule has 60 valence electrons. The normalized spacial score (nSPS) is 11.1. The van der Waals surface area contributed by atoms with Crippen molar-refractivity contribution >= 4 is 24.5 Å². The Hall–Kier alpha value is 0.290. The van der Waals surface area contributed by atoms with Gasteiger partial charge >= 0.3 is 35.5 Å². The molecule has 0 aliphatic carbocycles. The molecule has 0 bridgehead atoms. The SMILES string of the molecule is CC(=O)N[C@H](CS)C(=O)O.[H-].[Na+]. The first-order chi connectivity index (χ1) is 4.57. The van der Waals surface area contributed by atoms with E-state index in [-0.39, 0.29) is 42.6 Å². The van der Waals surface area contributed by atoms with E-state index in [9.17, 15) is 9.59 Å². The average molecular weight is 187 g/mol. The van der Waals surface area contributed by atoms with E-state index in [1.54, 1.807) is 0 Å². The van der Waals surface area contributed by atoms with Crippen LogP contribution < -0.4 is 34.9 Å². The average Bonchev–Trinajstić information content (AvgIpc) is 1.81. The van der Waals surface area contributed by atoms with Gasteiger partial charge in [0, 0.05) is 12.7 Å². The van der Waals surface area contributed by atoms with Gasteiger partial charge in [-0.25, -0.2) is 4.79 Å². The molecule has 0 aromatic carbocycles. The summed E-state index contributed by atoms with van der Waals surface area (Å²) in [6.45, 7) is 1.26. The summed E-state index contributed by atoms with van der Waals surface area (Å²) in [7, 11) is 0. The fourth-order valence-electron chi connectivity index (χ4n) is 0.431. The van der Waals surface area contributed by atoms with Crippen LogP contribution in [0.25, 0.3) is 0 Å². The first-order valence-electron chi connectivity index (χ1n) is 2.68. The summed E-state index contributed by atoms with van der Waals surface area (Å²) in [4.78, 5) is 20.5. The van der Waals surface area contributed by atoms with Crippen molar-refractivity contribution in [1.29, 1.82) is 0 Å². The number of amides is 1. The van der Waals surface area contributed by atoms with Gasteiger partial charge in [-0.1, -0.05) is 0 Å². The maximum atomic E-state index is 10.3. The summed E-state index contributed by atoms with van der Waals surface area (Å²) in [6, 6.07) is -0.874. The van der Waals surface area contributed by atoms with Crippen LogP contribution in [0.15, 0.2) is 0 Å². The summed E-state index contributed by atoms with van der Waals surface area (Å²) in [5, 5.41) is 10.6. The van der Waals surface area contributed by atoms with Gasteiger partial charge in [0.2, 0.25) is 5.91 Å². The topological polar surface area (TPSA) is 66.4 Å². The van der Waals surface area contributed by atoms with Crippen molar-refractivity contribution in [2.75, 3.05) is 5.75 Å². The molecule has 0 saturated carbocycles. The van der Waals surface area contributed by atoms with Crippen molar-refractivity contribution in [3.63, 3.8) is 0 Å². The van der Waals surface area contributed by atoms with Crippen molar-refractivity contribution in [3.05, 3.63) is 0 Å². The van der Waals surface area contributed by atoms with E-state index in [4.69, 9.17) is 5.11 Å². The van der Waals surface area contributed by atoms with Crippen LogP contribution in [0.3, 0.4) is 0 Å². The molecule has 0 radical (unpaired) electrons. The molecule has 0 aromatic heterocycles. The van der Waals surface area contributed by atoms with Crippen LogP contribution in [0.1, 0.15) is 8.35 Å². The van der Waals surface area contributed by atoms with Crippen molar-refractivity contribution in [3.8, 4) is 0 Å². The number of carboxylic acid groups (broad SMARTS) is 1. The third-order valence-corrected chi connectivity index (χ3v) is 1.22. The van der Waals surface area contributed by atoms with Crippen LogP contribution in [0.5, 0.6) is 0 Å². The molecule has 1 amide bonds.